The number of hydrogen-bond donors (Lipinski definition) is 2. The van der Waals surface area contributed by atoms with Crippen LogP contribution in [0.3, 0.4) is 0 Å². The fourth-order valence-electron chi connectivity index (χ4n) is 3.86. The number of para-hydroxylation sites is 1. The lowest BCUT2D eigenvalue weighted by atomic mass is 10.1. The van der Waals surface area contributed by atoms with E-state index in [0.29, 0.717) is 23.3 Å². The minimum absolute atomic E-state index is 0.000229. The number of amides is 2. The van der Waals surface area contributed by atoms with E-state index in [2.05, 4.69) is 15.3 Å². The van der Waals surface area contributed by atoms with E-state index < -0.39 is 6.03 Å². The number of aromatic nitrogens is 2. The van der Waals surface area contributed by atoms with Crippen molar-refractivity contribution in [3.63, 3.8) is 0 Å². The molecule has 7 heteroatoms. The van der Waals surface area contributed by atoms with Crippen LogP contribution in [0.1, 0.15) is 25.7 Å². The van der Waals surface area contributed by atoms with E-state index in [4.69, 9.17) is 5.73 Å². The molecule has 1 fully saturated rings. The highest BCUT2D eigenvalue weighted by molar-refractivity contribution is 5.99. The Balaban J connectivity index is 1.51. The highest BCUT2D eigenvalue weighted by Crippen LogP contribution is 2.29. The molecule has 1 saturated heterocycles. The number of fused-ring (bicyclic) bond motifs is 1. The van der Waals surface area contributed by atoms with Gasteiger partial charge in [0.15, 0.2) is 0 Å². The van der Waals surface area contributed by atoms with Crippen LogP contribution in [0.5, 0.6) is 0 Å². The Bertz CT molecular complexity index is 1040. The summed E-state index contributed by atoms with van der Waals surface area (Å²) >= 11 is 0. The van der Waals surface area contributed by atoms with Crippen LogP contribution in [-0.4, -0.2) is 46.3 Å². The van der Waals surface area contributed by atoms with E-state index in [-0.39, 0.29) is 5.91 Å². The number of nitrogens with zero attached hydrogens (tertiary/aromatic N) is 3. The molecule has 4 rings (SSSR count). The third-order valence-corrected chi connectivity index (χ3v) is 5.32. The second-order valence-corrected chi connectivity index (χ2v) is 7.40. The smallest absolute Gasteiger partial charge is 0.340 e. The van der Waals surface area contributed by atoms with Crippen molar-refractivity contribution in [2.24, 2.45) is 5.73 Å². The molecule has 0 bridgehead atoms. The first-order valence-corrected chi connectivity index (χ1v) is 10.0. The van der Waals surface area contributed by atoms with Gasteiger partial charge < -0.3 is 16.0 Å². The van der Waals surface area contributed by atoms with E-state index in [1.807, 2.05) is 48.5 Å². The van der Waals surface area contributed by atoms with Crippen LogP contribution in [0.15, 0.2) is 48.5 Å². The Kier molecular flexibility index (Phi) is 5.57. The number of rotatable bonds is 5. The molecule has 0 atom stereocenters. The van der Waals surface area contributed by atoms with Crippen molar-refractivity contribution in [2.45, 2.75) is 25.7 Å². The van der Waals surface area contributed by atoms with E-state index in [1.165, 1.54) is 23.9 Å². The summed E-state index contributed by atoms with van der Waals surface area (Å²) in [6.45, 7) is 2.95. The molecule has 150 valence electrons. The lowest BCUT2D eigenvalue weighted by Crippen LogP contribution is -2.32. The lowest BCUT2D eigenvalue weighted by Gasteiger charge is -2.25. The van der Waals surface area contributed by atoms with Crippen molar-refractivity contribution in [1.82, 2.24) is 14.7 Å². The molecule has 3 aromatic rings. The Hall–Kier alpha value is -3.19. The van der Waals surface area contributed by atoms with Gasteiger partial charge in [0.05, 0.1) is 5.52 Å². The maximum atomic E-state index is 12.4. The lowest BCUT2D eigenvalue weighted by molar-refractivity contribution is -0.116. The molecule has 7 nitrogen and oxygen atoms in total. The van der Waals surface area contributed by atoms with Gasteiger partial charge in [-0.05, 0) is 44.1 Å². The van der Waals surface area contributed by atoms with Gasteiger partial charge in [-0.15, -0.1) is 0 Å². The van der Waals surface area contributed by atoms with Crippen LogP contribution >= 0.6 is 0 Å². The Morgan fingerprint density at radius 3 is 2.62 bits per heavy atom. The molecule has 0 spiro atoms. The predicted molar refractivity (Wildman–Crippen MR) is 114 cm³/mol. The highest BCUT2D eigenvalue weighted by atomic mass is 16.2. The number of nitrogens with two attached hydrogens (primary N) is 1. The van der Waals surface area contributed by atoms with Gasteiger partial charge in [-0.2, -0.15) is 9.78 Å². The van der Waals surface area contributed by atoms with E-state index in [1.54, 1.807) is 0 Å². The summed E-state index contributed by atoms with van der Waals surface area (Å²) in [5.74, 6) is 0.000229. The van der Waals surface area contributed by atoms with Crippen LogP contribution < -0.4 is 11.1 Å². The summed E-state index contributed by atoms with van der Waals surface area (Å²) in [5.41, 5.74) is 8.30. The standard InChI is InChI=1S/C22H25N5O2/c23-22(29)27-19-10-3-2-9-18(19)21(25-27)16-7-6-8-17(15-16)24-20(28)11-14-26-12-4-1-5-13-26/h2-3,6-10,15H,1,4-5,11-14H2,(H2,23,29)(H,24,28). The molecule has 0 unspecified atom stereocenters. The molecular formula is C22H25N5O2. The molecule has 0 aliphatic carbocycles. The van der Waals surface area contributed by atoms with Crippen molar-refractivity contribution in [3.8, 4) is 11.3 Å². The van der Waals surface area contributed by atoms with E-state index in [0.717, 1.165) is 30.6 Å². The number of carbonyl (C=O) groups is 2. The van der Waals surface area contributed by atoms with Crippen molar-refractivity contribution >= 4 is 28.5 Å². The molecule has 2 aromatic carbocycles. The zero-order chi connectivity index (χ0) is 20.2. The summed E-state index contributed by atoms with van der Waals surface area (Å²) in [5, 5.41) is 8.21. The molecule has 1 aromatic heterocycles. The summed E-state index contributed by atoms with van der Waals surface area (Å²) in [7, 11) is 0. The number of benzene rings is 2. The van der Waals surface area contributed by atoms with Gasteiger partial charge in [0.2, 0.25) is 5.91 Å². The minimum Gasteiger partial charge on any atom is -0.350 e. The molecule has 1 aliphatic heterocycles. The number of primary amides is 1. The monoisotopic (exact) mass is 391 g/mol. The molecule has 3 N–H and O–H groups in total. The van der Waals surface area contributed by atoms with Gasteiger partial charge in [-0.3, -0.25) is 4.79 Å². The normalized spacial score (nSPS) is 14.8. The molecule has 2 heterocycles. The van der Waals surface area contributed by atoms with Gasteiger partial charge in [0.25, 0.3) is 0 Å². The average molecular weight is 391 g/mol. The highest BCUT2D eigenvalue weighted by Gasteiger charge is 2.16. The first-order valence-electron chi connectivity index (χ1n) is 10.0. The SMILES string of the molecule is NC(=O)n1nc(-c2cccc(NC(=O)CCN3CCCCC3)c2)c2ccccc21. The van der Waals surface area contributed by atoms with Crippen LogP contribution in [-0.2, 0) is 4.79 Å². The molecule has 0 saturated carbocycles. The zero-order valence-corrected chi connectivity index (χ0v) is 16.3. The molecule has 0 radical (unpaired) electrons. The first-order chi connectivity index (χ1) is 14.1. The zero-order valence-electron chi connectivity index (χ0n) is 16.3. The third-order valence-electron chi connectivity index (χ3n) is 5.32. The van der Waals surface area contributed by atoms with Crippen LogP contribution in [0.4, 0.5) is 10.5 Å². The average Bonchev–Trinajstić information content (AvgIpc) is 3.13. The van der Waals surface area contributed by atoms with Crippen molar-refractivity contribution in [2.75, 3.05) is 25.0 Å². The van der Waals surface area contributed by atoms with Crippen molar-refractivity contribution in [1.29, 1.82) is 0 Å². The quantitative estimate of drug-likeness (QED) is 0.697. The second-order valence-electron chi connectivity index (χ2n) is 7.40. The number of hydrogen-bond acceptors (Lipinski definition) is 4. The third kappa shape index (κ3) is 4.30. The van der Waals surface area contributed by atoms with Crippen molar-refractivity contribution < 1.29 is 9.59 Å². The number of anilines is 1. The van der Waals surface area contributed by atoms with Crippen LogP contribution in [0.25, 0.3) is 22.2 Å². The fourth-order valence-corrected chi connectivity index (χ4v) is 3.86. The molecule has 2 amide bonds. The second kappa shape index (κ2) is 8.45. The van der Waals surface area contributed by atoms with Gasteiger partial charge in [0.1, 0.15) is 5.69 Å². The number of piperidine rings is 1. The van der Waals surface area contributed by atoms with E-state index in [9.17, 15) is 9.59 Å². The van der Waals surface area contributed by atoms with Gasteiger partial charge in [0, 0.05) is 29.6 Å². The van der Waals surface area contributed by atoms with Crippen molar-refractivity contribution in [3.05, 3.63) is 48.5 Å². The molecule has 1 aliphatic rings. The fraction of sp³-hybridized carbons (Fsp3) is 0.318. The van der Waals surface area contributed by atoms with Crippen LogP contribution in [0, 0.1) is 0 Å². The summed E-state index contributed by atoms with van der Waals surface area (Å²) in [4.78, 5) is 26.5. The topological polar surface area (TPSA) is 93.2 Å². The van der Waals surface area contributed by atoms with Gasteiger partial charge >= 0.3 is 6.03 Å². The van der Waals surface area contributed by atoms with E-state index >= 15 is 0 Å². The Morgan fingerprint density at radius 1 is 1.03 bits per heavy atom. The minimum atomic E-state index is -0.630. The molecule has 29 heavy (non-hydrogen) atoms. The summed E-state index contributed by atoms with van der Waals surface area (Å²) in [6.07, 6.45) is 4.20. The maximum absolute atomic E-state index is 12.4. The summed E-state index contributed by atoms with van der Waals surface area (Å²) in [6, 6.07) is 14.3. The largest absolute Gasteiger partial charge is 0.350 e. The van der Waals surface area contributed by atoms with Crippen LogP contribution in [0.2, 0.25) is 0 Å². The first kappa shape index (κ1) is 19.1. The van der Waals surface area contributed by atoms with Gasteiger partial charge in [-0.1, -0.05) is 36.8 Å². The number of nitrogens with one attached hydrogen (secondary N) is 1. The number of likely N-dealkylation sites (tertiary alicyclic amines) is 1. The number of carbonyl (C=O) groups excluding carboxylic acids is 2. The Morgan fingerprint density at radius 2 is 1.83 bits per heavy atom. The summed E-state index contributed by atoms with van der Waals surface area (Å²) < 4.78 is 1.20. The molecular weight excluding hydrogens is 366 g/mol. The maximum Gasteiger partial charge on any atom is 0.340 e. The predicted octanol–water partition coefficient (Wildman–Crippen LogP) is 3.44. The Labute approximate surface area is 169 Å². The van der Waals surface area contributed by atoms with Gasteiger partial charge in [-0.25, -0.2) is 4.79 Å².